The lowest BCUT2D eigenvalue weighted by molar-refractivity contribution is 0.0693. The number of carboxylic acid groups (broad SMARTS) is 1. The molecule has 90 valence electrons. The van der Waals surface area contributed by atoms with E-state index in [1.54, 1.807) is 19.2 Å². The van der Waals surface area contributed by atoms with Crippen LogP contribution in [0.15, 0.2) is 24.4 Å². The molecule has 0 aliphatic rings. The molecule has 0 atom stereocenters. The Hall–Kier alpha value is -2.43. The number of nitrogens with zero attached hydrogens (tertiary/aromatic N) is 1. The molecule has 1 aromatic carbocycles. The van der Waals surface area contributed by atoms with Crippen LogP contribution in [-0.4, -0.2) is 21.0 Å². The number of fused-ring (bicyclic) bond motifs is 3. The number of halogens is 1. The fraction of sp³-hybridized carbons (Fsp3) is 0.0769. The first-order chi connectivity index (χ1) is 8.59. The van der Waals surface area contributed by atoms with Gasteiger partial charge in [-0.1, -0.05) is 6.07 Å². The van der Waals surface area contributed by atoms with E-state index in [2.05, 4.69) is 9.97 Å². The minimum absolute atomic E-state index is 0.0538. The Morgan fingerprint density at radius 1 is 1.39 bits per heavy atom. The van der Waals surface area contributed by atoms with E-state index in [0.717, 1.165) is 5.56 Å². The van der Waals surface area contributed by atoms with Gasteiger partial charge in [-0.05, 0) is 24.6 Å². The summed E-state index contributed by atoms with van der Waals surface area (Å²) in [6.07, 6.45) is 1.66. The van der Waals surface area contributed by atoms with Crippen LogP contribution >= 0.6 is 0 Å². The van der Waals surface area contributed by atoms with Gasteiger partial charge in [0, 0.05) is 11.6 Å². The Morgan fingerprint density at radius 2 is 2.17 bits per heavy atom. The number of rotatable bonds is 1. The van der Waals surface area contributed by atoms with Gasteiger partial charge in [0.05, 0.1) is 16.4 Å². The van der Waals surface area contributed by atoms with E-state index in [1.165, 1.54) is 12.1 Å². The lowest BCUT2D eigenvalue weighted by Crippen LogP contribution is -2.02. The van der Waals surface area contributed by atoms with Gasteiger partial charge in [-0.15, -0.1) is 0 Å². The maximum Gasteiger partial charge on any atom is 0.355 e. The second-order valence-corrected chi connectivity index (χ2v) is 4.12. The maximum absolute atomic E-state index is 13.9. The first-order valence-corrected chi connectivity index (χ1v) is 5.39. The van der Waals surface area contributed by atoms with Gasteiger partial charge in [0.1, 0.15) is 5.82 Å². The molecule has 0 bridgehead atoms. The summed E-state index contributed by atoms with van der Waals surface area (Å²) in [5, 5.41) is 9.97. The highest BCUT2D eigenvalue weighted by Gasteiger charge is 2.18. The molecular formula is C13H9FN2O2. The van der Waals surface area contributed by atoms with Gasteiger partial charge in [0.15, 0.2) is 5.69 Å². The largest absolute Gasteiger partial charge is 0.476 e. The van der Waals surface area contributed by atoms with Crippen LogP contribution in [-0.2, 0) is 0 Å². The average Bonchev–Trinajstić information content (AvgIpc) is 2.71. The number of aromatic carboxylic acids is 1. The number of aromatic nitrogens is 2. The molecule has 0 fully saturated rings. The normalized spacial score (nSPS) is 11.2. The minimum atomic E-state index is -1.12. The zero-order valence-electron chi connectivity index (χ0n) is 9.49. The van der Waals surface area contributed by atoms with Gasteiger partial charge in [-0.25, -0.2) is 14.2 Å². The molecule has 0 aliphatic carbocycles. The van der Waals surface area contributed by atoms with Crippen molar-refractivity contribution in [1.29, 1.82) is 0 Å². The first-order valence-electron chi connectivity index (χ1n) is 5.39. The second-order valence-electron chi connectivity index (χ2n) is 4.12. The summed E-state index contributed by atoms with van der Waals surface area (Å²) in [6, 6.07) is 4.44. The topological polar surface area (TPSA) is 66.0 Å². The van der Waals surface area contributed by atoms with Crippen molar-refractivity contribution in [2.75, 3.05) is 0 Å². The smallest absolute Gasteiger partial charge is 0.355 e. The monoisotopic (exact) mass is 244 g/mol. The zero-order valence-corrected chi connectivity index (χ0v) is 9.49. The minimum Gasteiger partial charge on any atom is -0.476 e. The summed E-state index contributed by atoms with van der Waals surface area (Å²) < 4.78 is 13.9. The van der Waals surface area contributed by atoms with Crippen LogP contribution < -0.4 is 0 Å². The van der Waals surface area contributed by atoms with E-state index in [0.29, 0.717) is 21.8 Å². The third kappa shape index (κ3) is 1.30. The number of benzene rings is 1. The summed E-state index contributed by atoms with van der Waals surface area (Å²) in [5.74, 6) is -1.53. The lowest BCUT2D eigenvalue weighted by atomic mass is 10.1. The second kappa shape index (κ2) is 3.53. The number of hydrogen-bond donors (Lipinski definition) is 2. The molecule has 4 nitrogen and oxygen atoms in total. The Balaban J connectivity index is 2.64. The molecule has 2 heterocycles. The van der Waals surface area contributed by atoms with Crippen LogP contribution in [0.5, 0.6) is 0 Å². The van der Waals surface area contributed by atoms with Crippen molar-refractivity contribution in [2.24, 2.45) is 0 Å². The van der Waals surface area contributed by atoms with Crippen molar-refractivity contribution in [3.05, 3.63) is 41.5 Å². The third-order valence-corrected chi connectivity index (χ3v) is 2.99. The Bertz CT molecular complexity index is 792. The van der Waals surface area contributed by atoms with Gasteiger partial charge >= 0.3 is 5.97 Å². The van der Waals surface area contributed by atoms with Gasteiger partial charge in [0.2, 0.25) is 0 Å². The van der Waals surface area contributed by atoms with Crippen molar-refractivity contribution in [3.8, 4) is 0 Å². The molecule has 0 saturated heterocycles. The standard InChI is InChI=1S/C13H9FN2O2/c1-6-5-15-11-9(6)12(13(17)18)16-8-4-2-3-7(14)10(8)11/h2-5,15H,1H3,(H,17,18). The maximum atomic E-state index is 13.9. The van der Waals surface area contributed by atoms with E-state index < -0.39 is 11.8 Å². The molecule has 3 aromatic rings. The van der Waals surface area contributed by atoms with E-state index in [1.807, 2.05) is 0 Å². The first kappa shape index (κ1) is 10.7. The number of carboxylic acids is 1. The van der Waals surface area contributed by atoms with Crippen molar-refractivity contribution in [3.63, 3.8) is 0 Å². The zero-order chi connectivity index (χ0) is 12.9. The fourth-order valence-corrected chi connectivity index (χ4v) is 2.21. The van der Waals surface area contributed by atoms with Crippen LogP contribution in [0.4, 0.5) is 4.39 Å². The molecule has 0 spiro atoms. The van der Waals surface area contributed by atoms with Gasteiger partial charge in [-0.2, -0.15) is 0 Å². The number of hydrogen-bond acceptors (Lipinski definition) is 2. The summed E-state index contributed by atoms with van der Waals surface area (Å²) in [4.78, 5) is 18.2. The molecule has 2 N–H and O–H groups in total. The summed E-state index contributed by atoms with van der Waals surface area (Å²) >= 11 is 0. The molecule has 0 aliphatic heterocycles. The van der Waals surface area contributed by atoms with E-state index in [-0.39, 0.29) is 5.69 Å². The Labute approximate surface area is 101 Å². The predicted octanol–water partition coefficient (Wildman–Crippen LogP) is 2.86. The van der Waals surface area contributed by atoms with Crippen molar-refractivity contribution >= 4 is 27.8 Å². The number of aryl methyl sites for hydroxylation is 1. The van der Waals surface area contributed by atoms with Crippen molar-refractivity contribution in [2.45, 2.75) is 6.92 Å². The third-order valence-electron chi connectivity index (χ3n) is 2.99. The number of pyridine rings is 1. The van der Waals surface area contributed by atoms with Gasteiger partial charge < -0.3 is 10.1 Å². The number of aromatic amines is 1. The van der Waals surface area contributed by atoms with Gasteiger partial charge in [-0.3, -0.25) is 0 Å². The van der Waals surface area contributed by atoms with Crippen LogP contribution in [0.2, 0.25) is 0 Å². The molecule has 3 rings (SSSR count). The Kier molecular flexibility index (Phi) is 2.10. The molecule has 5 heteroatoms. The number of H-pyrrole nitrogens is 1. The van der Waals surface area contributed by atoms with Crippen LogP contribution in [0.25, 0.3) is 21.8 Å². The molecule has 0 unspecified atom stereocenters. The fourth-order valence-electron chi connectivity index (χ4n) is 2.21. The van der Waals surface area contributed by atoms with Gasteiger partial charge in [0.25, 0.3) is 0 Å². The SMILES string of the molecule is Cc1c[nH]c2c1c(C(=O)O)nc1cccc(F)c12. The quantitative estimate of drug-likeness (QED) is 0.691. The molecule has 2 aromatic heterocycles. The van der Waals surface area contributed by atoms with Crippen LogP contribution in [0, 0.1) is 12.7 Å². The highest BCUT2D eigenvalue weighted by molar-refractivity contribution is 6.12. The average molecular weight is 244 g/mol. The van der Waals surface area contributed by atoms with E-state index >= 15 is 0 Å². The molecule has 0 saturated carbocycles. The Morgan fingerprint density at radius 3 is 2.89 bits per heavy atom. The molecule has 0 radical (unpaired) electrons. The highest BCUT2D eigenvalue weighted by Crippen LogP contribution is 2.29. The van der Waals surface area contributed by atoms with E-state index in [9.17, 15) is 14.3 Å². The number of carbonyl (C=O) groups is 1. The molecular weight excluding hydrogens is 235 g/mol. The summed E-state index contributed by atoms with van der Waals surface area (Å²) in [7, 11) is 0. The van der Waals surface area contributed by atoms with Crippen LogP contribution in [0.3, 0.4) is 0 Å². The summed E-state index contributed by atoms with van der Waals surface area (Å²) in [5.41, 5.74) is 1.50. The highest BCUT2D eigenvalue weighted by atomic mass is 19.1. The summed E-state index contributed by atoms with van der Waals surface area (Å²) in [6.45, 7) is 1.76. The lowest BCUT2D eigenvalue weighted by Gasteiger charge is -2.04. The predicted molar refractivity (Wildman–Crippen MR) is 65.3 cm³/mol. The van der Waals surface area contributed by atoms with E-state index in [4.69, 9.17) is 0 Å². The number of nitrogens with one attached hydrogen (secondary N) is 1. The molecule has 0 amide bonds. The molecule has 18 heavy (non-hydrogen) atoms. The van der Waals surface area contributed by atoms with Crippen LogP contribution in [0.1, 0.15) is 16.1 Å². The van der Waals surface area contributed by atoms with Crippen molar-refractivity contribution < 1.29 is 14.3 Å². The van der Waals surface area contributed by atoms with Crippen molar-refractivity contribution in [1.82, 2.24) is 9.97 Å².